The van der Waals surface area contributed by atoms with Crippen LogP contribution in [0.3, 0.4) is 0 Å². The van der Waals surface area contributed by atoms with Crippen molar-refractivity contribution in [1.82, 2.24) is 20.3 Å². The van der Waals surface area contributed by atoms with Crippen molar-refractivity contribution >= 4 is 17.7 Å². The Hall–Kier alpha value is -2.81. The molecule has 8 heteroatoms. The lowest BCUT2D eigenvalue weighted by atomic mass is 10.0. The average Bonchev–Trinajstić information content (AvgIpc) is 3.14. The lowest BCUT2D eigenvalue weighted by Crippen LogP contribution is -2.39. The van der Waals surface area contributed by atoms with Gasteiger partial charge in [0, 0.05) is 35.9 Å². The van der Waals surface area contributed by atoms with Gasteiger partial charge in [0.2, 0.25) is 0 Å². The number of hydrazone groups is 1. The number of hydrogen-bond acceptors (Lipinski definition) is 6. The molecule has 3 rings (SSSR count). The molecule has 0 saturated carbocycles. The summed E-state index contributed by atoms with van der Waals surface area (Å²) < 4.78 is 0. The van der Waals surface area contributed by atoms with E-state index in [0.717, 1.165) is 28.1 Å². The number of H-pyrrole nitrogens is 1. The second kappa shape index (κ2) is 8.05. The molecule has 0 aromatic carbocycles. The molecule has 2 aromatic heterocycles. The highest BCUT2D eigenvalue weighted by atomic mass is 16.3. The van der Waals surface area contributed by atoms with Crippen LogP contribution < -0.4 is 5.43 Å². The summed E-state index contributed by atoms with van der Waals surface area (Å²) in [6.45, 7) is 7.49. The molecule has 1 aliphatic rings. The number of aliphatic hydroxyl groups excluding tert-OH is 2. The van der Waals surface area contributed by atoms with Gasteiger partial charge in [-0.3, -0.25) is 9.78 Å². The largest absolute Gasteiger partial charge is 0.379 e. The number of aliphatic hydroxyl groups is 2. The molecule has 2 unspecified atom stereocenters. The highest BCUT2D eigenvalue weighted by Gasteiger charge is 2.26. The molecule has 148 valence electrons. The molecule has 0 radical (unpaired) electrons. The van der Waals surface area contributed by atoms with Crippen LogP contribution in [-0.4, -0.2) is 49.2 Å². The van der Waals surface area contributed by atoms with Crippen LogP contribution in [0.15, 0.2) is 35.2 Å². The van der Waals surface area contributed by atoms with Gasteiger partial charge >= 0.3 is 0 Å². The molecule has 0 saturated heterocycles. The smallest absolute Gasteiger partial charge is 0.273 e. The molecule has 0 aliphatic carbocycles. The Kier molecular flexibility index (Phi) is 5.73. The minimum Gasteiger partial charge on any atom is -0.379 e. The van der Waals surface area contributed by atoms with E-state index in [9.17, 15) is 15.0 Å². The summed E-state index contributed by atoms with van der Waals surface area (Å²) in [7, 11) is 0. The first kappa shape index (κ1) is 19.9. The number of aromatic nitrogens is 2. The first-order valence-corrected chi connectivity index (χ1v) is 9.10. The summed E-state index contributed by atoms with van der Waals surface area (Å²) in [4.78, 5) is 21.3. The van der Waals surface area contributed by atoms with Gasteiger partial charge in [0.25, 0.3) is 5.91 Å². The third-order valence-electron chi connectivity index (χ3n) is 4.92. The molecule has 8 nitrogen and oxygen atoms in total. The monoisotopic (exact) mass is 383 g/mol. The van der Waals surface area contributed by atoms with Crippen molar-refractivity contribution in [1.29, 1.82) is 0 Å². The van der Waals surface area contributed by atoms with E-state index in [4.69, 9.17) is 0 Å². The van der Waals surface area contributed by atoms with Crippen molar-refractivity contribution in [2.75, 3.05) is 0 Å². The number of rotatable bonds is 6. The predicted molar refractivity (Wildman–Crippen MR) is 106 cm³/mol. The fourth-order valence-electron chi connectivity index (χ4n) is 3.29. The van der Waals surface area contributed by atoms with E-state index in [0.29, 0.717) is 17.8 Å². The van der Waals surface area contributed by atoms with Crippen molar-refractivity contribution in [2.24, 2.45) is 5.10 Å². The van der Waals surface area contributed by atoms with E-state index in [-0.39, 0.29) is 5.91 Å². The fraction of sp³-hybridized carbons (Fsp3) is 0.350. The summed E-state index contributed by atoms with van der Waals surface area (Å²) in [6.07, 6.45) is 3.52. The topological polar surface area (TPSA) is 114 Å². The molecule has 0 fully saturated rings. The Morgan fingerprint density at radius 3 is 2.57 bits per heavy atom. The molecule has 0 spiro atoms. The third-order valence-corrected chi connectivity index (χ3v) is 4.92. The van der Waals surface area contributed by atoms with Gasteiger partial charge in [-0.05, 0) is 57.0 Å². The van der Waals surface area contributed by atoms with Gasteiger partial charge in [0.15, 0.2) is 0 Å². The zero-order valence-corrected chi connectivity index (χ0v) is 16.4. The number of nitrogens with zero attached hydrogens (tertiary/aromatic N) is 3. The van der Waals surface area contributed by atoms with Crippen LogP contribution >= 0.6 is 0 Å². The second-order valence-corrected chi connectivity index (χ2v) is 6.90. The predicted octanol–water partition coefficient (Wildman–Crippen LogP) is 1.42. The van der Waals surface area contributed by atoms with Crippen LogP contribution in [0.5, 0.6) is 0 Å². The lowest BCUT2D eigenvalue weighted by Gasteiger charge is -2.28. The highest BCUT2D eigenvalue weighted by Crippen LogP contribution is 2.25. The van der Waals surface area contributed by atoms with Gasteiger partial charge < -0.3 is 15.2 Å². The highest BCUT2D eigenvalue weighted by molar-refractivity contribution is 6.33. The number of nitrogens with one attached hydrogen (secondary N) is 2. The van der Waals surface area contributed by atoms with Gasteiger partial charge in [-0.1, -0.05) is 0 Å². The van der Waals surface area contributed by atoms with E-state index in [2.05, 4.69) is 20.5 Å². The quantitative estimate of drug-likeness (QED) is 0.445. The van der Waals surface area contributed by atoms with Gasteiger partial charge in [-0.25, -0.2) is 10.3 Å². The van der Waals surface area contributed by atoms with Crippen LogP contribution in [-0.2, 0) is 11.3 Å². The van der Waals surface area contributed by atoms with Crippen LogP contribution in [0.2, 0.25) is 0 Å². The minimum atomic E-state index is -0.791. The minimum absolute atomic E-state index is 0.276. The fourth-order valence-corrected chi connectivity index (χ4v) is 3.29. The van der Waals surface area contributed by atoms with Crippen molar-refractivity contribution in [3.63, 3.8) is 0 Å². The Labute approximate surface area is 163 Å². The number of carbonyl (C=O) groups excluding carboxylic acids is 1. The van der Waals surface area contributed by atoms with Gasteiger partial charge in [0.1, 0.15) is 18.2 Å². The number of carbonyl (C=O) groups is 1. The van der Waals surface area contributed by atoms with Gasteiger partial charge in [0.05, 0.1) is 5.57 Å². The summed E-state index contributed by atoms with van der Waals surface area (Å²) in [5.41, 5.74) is 7.86. The maximum Gasteiger partial charge on any atom is 0.273 e. The Bertz CT molecular complexity index is 921. The molecular formula is C20H25N5O3. The summed E-state index contributed by atoms with van der Waals surface area (Å²) in [5, 5.41) is 24.0. The van der Waals surface area contributed by atoms with Crippen LogP contribution in [0.4, 0.5) is 0 Å². The van der Waals surface area contributed by atoms with Gasteiger partial charge in [-0.2, -0.15) is 5.10 Å². The van der Waals surface area contributed by atoms with Gasteiger partial charge in [-0.15, -0.1) is 0 Å². The molecular weight excluding hydrogens is 358 g/mol. The molecule has 3 heterocycles. The molecule has 2 aromatic rings. The Morgan fingerprint density at radius 1 is 1.25 bits per heavy atom. The van der Waals surface area contributed by atoms with Crippen LogP contribution in [0.1, 0.15) is 41.9 Å². The van der Waals surface area contributed by atoms with E-state index >= 15 is 0 Å². The van der Waals surface area contributed by atoms with E-state index < -0.39 is 12.5 Å². The number of hydrogen-bond donors (Lipinski definition) is 4. The average molecular weight is 383 g/mol. The number of aromatic amines is 1. The standard InChI is InChI=1S/C20H25N5O3/c1-11-17(10-25(13(3)26)14(4)27)12(2)22-18(11)8-16-19(23-24-20(16)28)15-6-5-7-21-9-15/h5-9,13-14,22,26-27H,10H2,1-4H3,(H,24,28). The van der Waals surface area contributed by atoms with Crippen LogP contribution in [0, 0.1) is 13.8 Å². The zero-order valence-electron chi connectivity index (χ0n) is 16.4. The summed E-state index contributed by atoms with van der Waals surface area (Å²) in [5.74, 6) is -0.276. The number of pyridine rings is 1. The normalized spacial score (nSPS) is 17.8. The van der Waals surface area contributed by atoms with Crippen molar-refractivity contribution in [3.8, 4) is 0 Å². The first-order chi connectivity index (χ1) is 13.3. The Balaban J connectivity index is 1.96. The van der Waals surface area contributed by atoms with E-state index in [1.165, 1.54) is 0 Å². The zero-order chi connectivity index (χ0) is 20.4. The summed E-state index contributed by atoms with van der Waals surface area (Å²) in [6, 6.07) is 3.64. The molecule has 0 bridgehead atoms. The molecule has 4 N–H and O–H groups in total. The molecule has 28 heavy (non-hydrogen) atoms. The number of amides is 1. The molecule has 1 aliphatic heterocycles. The molecule has 2 atom stereocenters. The van der Waals surface area contributed by atoms with Crippen molar-refractivity contribution < 1.29 is 15.0 Å². The first-order valence-electron chi connectivity index (χ1n) is 9.10. The Morgan fingerprint density at radius 2 is 1.96 bits per heavy atom. The SMILES string of the molecule is Cc1[nH]c(C=C2C(=O)NN=C2c2cccnc2)c(C)c1CN(C(C)O)C(C)O. The van der Waals surface area contributed by atoms with Crippen molar-refractivity contribution in [2.45, 2.75) is 46.7 Å². The lowest BCUT2D eigenvalue weighted by molar-refractivity contribution is -0.116. The maximum absolute atomic E-state index is 12.3. The third kappa shape index (κ3) is 3.89. The van der Waals surface area contributed by atoms with Crippen molar-refractivity contribution in [3.05, 3.63) is 58.2 Å². The summed E-state index contributed by atoms with van der Waals surface area (Å²) >= 11 is 0. The molecule has 1 amide bonds. The van der Waals surface area contributed by atoms with E-state index in [1.54, 1.807) is 43.3 Å². The van der Waals surface area contributed by atoms with Crippen LogP contribution in [0.25, 0.3) is 6.08 Å². The second-order valence-electron chi connectivity index (χ2n) is 6.90. The number of aryl methyl sites for hydroxylation is 1. The maximum atomic E-state index is 12.3. The van der Waals surface area contributed by atoms with E-state index in [1.807, 2.05) is 19.9 Å².